The Labute approximate surface area is 130 Å². The first-order valence-electron chi connectivity index (χ1n) is 7.05. The topological polar surface area (TPSA) is 190 Å². The van der Waals surface area contributed by atoms with E-state index in [0.29, 0.717) is 0 Å². The zero-order valence-corrected chi connectivity index (χ0v) is 12.0. The first-order chi connectivity index (χ1) is 10.8. The summed E-state index contributed by atoms with van der Waals surface area (Å²) < 4.78 is 15.4. The third-order valence-electron chi connectivity index (χ3n) is 4.07. The quantitative estimate of drug-likeness (QED) is 0.238. The van der Waals surface area contributed by atoms with Gasteiger partial charge in [-0.1, -0.05) is 0 Å². The average molecular weight is 342 g/mol. The van der Waals surface area contributed by atoms with Gasteiger partial charge in [-0.3, -0.25) is 0 Å². The summed E-state index contributed by atoms with van der Waals surface area (Å²) in [6, 6.07) is 0. The molecule has 0 radical (unpaired) electrons. The highest BCUT2D eigenvalue weighted by atomic mass is 16.8. The van der Waals surface area contributed by atoms with Crippen LogP contribution in [-0.4, -0.2) is 115 Å². The molecule has 0 aromatic rings. The molecule has 1 unspecified atom stereocenters. The molecule has 8 N–H and O–H groups in total. The Hall–Kier alpha value is -0.440. The highest BCUT2D eigenvalue weighted by Crippen LogP contribution is 2.35. The van der Waals surface area contributed by atoms with E-state index in [1.165, 1.54) is 0 Å². The average Bonchev–Trinajstić information content (AvgIpc) is 2.80. The summed E-state index contributed by atoms with van der Waals surface area (Å²) in [6.45, 7) is -2.32. The van der Waals surface area contributed by atoms with Gasteiger partial charge in [-0.25, -0.2) is 0 Å². The van der Waals surface area contributed by atoms with Gasteiger partial charge in [0.05, 0.1) is 13.2 Å². The van der Waals surface area contributed by atoms with Crippen LogP contribution in [0.3, 0.4) is 0 Å². The highest BCUT2D eigenvalue weighted by Gasteiger charge is 2.58. The number of hydrogen-bond donors (Lipinski definition) is 8. The summed E-state index contributed by atoms with van der Waals surface area (Å²) in [5, 5.41) is 76.7. The SMILES string of the molecule is OC[C@@H]1O[C@@](CO)(OC2O[C@H](CO)[C@@H](O)[C@H](O)[C@H]2O)[C@@H](O)[C@@H]1O. The van der Waals surface area contributed by atoms with Gasteiger partial charge in [0, 0.05) is 0 Å². The Morgan fingerprint density at radius 2 is 1.39 bits per heavy atom. The molecule has 0 saturated carbocycles. The minimum Gasteiger partial charge on any atom is -0.394 e. The minimum absolute atomic E-state index is 0.669. The molecule has 0 aromatic heterocycles. The molecule has 0 spiro atoms. The predicted molar refractivity (Wildman–Crippen MR) is 68.6 cm³/mol. The molecule has 136 valence electrons. The fourth-order valence-corrected chi connectivity index (χ4v) is 2.63. The fraction of sp³-hybridized carbons (Fsp3) is 1.00. The maximum Gasteiger partial charge on any atom is 0.224 e. The molecule has 2 heterocycles. The van der Waals surface area contributed by atoms with E-state index in [1.807, 2.05) is 0 Å². The molecule has 2 saturated heterocycles. The van der Waals surface area contributed by atoms with Gasteiger partial charge in [0.15, 0.2) is 6.29 Å². The molecule has 2 aliphatic heterocycles. The molecule has 9 atom stereocenters. The highest BCUT2D eigenvalue weighted by molar-refractivity contribution is 4.98. The van der Waals surface area contributed by atoms with Crippen LogP contribution in [0.1, 0.15) is 0 Å². The zero-order valence-electron chi connectivity index (χ0n) is 12.0. The van der Waals surface area contributed by atoms with Crippen LogP contribution < -0.4 is 0 Å². The van der Waals surface area contributed by atoms with Crippen LogP contribution >= 0.6 is 0 Å². The van der Waals surface area contributed by atoms with E-state index in [-0.39, 0.29) is 0 Å². The van der Waals surface area contributed by atoms with Gasteiger partial charge < -0.3 is 55.1 Å². The van der Waals surface area contributed by atoms with Crippen molar-refractivity contribution in [1.82, 2.24) is 0 Å². The van der Waals surface area contributed by atoms with Crippen molar-refractivity contribution >= 4 is 0 Å². The predicted octanol–water partition coefficient (Wildman–Crippen LogP) is -5.40. The fourth-order valence-electron chi connectivity index (χ4n) is 2.63. The Morgan fingerprint density at radius 1 is 0.783 bits per heavy atom. The Balaban J connectivity index is 2.18. The molecule has 0 aliphatic carbocycles. The summed E-state index contributed by atoms with van der Waals surface area (Å²) in [5.74, 6) is -2.22. The Kier molecular flexibility index (Phi) is 5.92. The van der Waals surface area contributed by atoms with E-state index in [4.69, 9.17) is 24.4 Å². The molecular formula is C12H22O11. The smallest absolute Gasteiger partial charge is 0.224 e. The standard InChI is InChI=1S/C12H22O11/c13-1-4-6(16)8(18)9(19)11(21-4)23-12(3-15)10(20)7(17)5(2-14)22-12/h4-11,13-20H,1-3H2/t4-,5+,6-,7-,8+,9-,10+,11?,12+/m1/s1. The van der Waals surface area contributed by atoms with E-state index < -0.39 is 74.6 Å². The number of aliphatic hydroxyl groups excluding tert-OH is 8. The lowest BCUT2D eigenvalue weighted by atomic mass is 9.99. The summed E-state index contributed by atoms with van der Waals surface area (Å²) in [6.07, 6.45) is -12.7. The lowest BCUT2D eigenvalue weighted by molar-refractivity contribution is -0.383. The van der Waals surface area contributed by atoms with Gasteiger partial charge in [-0.15, -0.1) is 0 Å². The molecule has 0 amide bonds. The van der Waals surface area contributed by atoms with Crippen molar-refractivity contribution in [1.29, 1.82) is 0 Å². The van der Waals surface area contributed by atoms with Crippen molar-refractivity contribution in [3.05, 3.63) is 0 Å². The van der Waals surface area contributed by atoms with Crippen LogP contribution in [0, 0.1) is 0 Å². The largest absolute Gasteiger partial charge is 0.394 e. The van der Waals surface area contributed by atoms with Gasteiger partial charge in [0.2, 0.25) is 5.79 Å². The number of ether oxygens (including phenoxy) is 3. The molecule has 11 nitrogen and oxygen atoms in total. The second kappa shape index (κ2) is 7.21. The van der Waals surface area contributed by atoms with Crippen LogP contribution in [0.15, 0.2) is 0 Å². The second-order valence-corrected chi connectivity index (χ2v) is 5.56. The maximum atomic E-state index is 10.00. The normalized spacial score (nSPS) is 51.1. The van der Waals surface area contributed by atoms with Crippen molar-refractivity contribution in [2.24, 2.45) is 0 Å². The Bertz CT molecular complexity index is 393. The van der Waals surface area contributed by atoms with Crippen LogP contribution in [0.2, 0.25) is 0 Å². The van der Waals surface area contributed by atoms with Gasteiger partial charge >= 0.3 is 0 Å². The molecule has 0 aromatic carbocycles. The molecular weight excluding hydrogens is 320 g/mol. The van der Waals surface area contributed by atoms with Gasteiger partial charge in [0.1, 0.15) is 49.3 Å². The molecule has 2 aliphatic rings. The van der Waals surface area contributed by atoms with Crippen molar-refractivity contribution in [3.63, 3.8) is 0 Å². The number of rotatable bonds is 5. The molecule has 23 heavy (non-hydrogen) atoms. The van der Waals surface area contributed by atoms with E-state index in [9.17, 15) is 30.6 Å². The summed E-state index contributed by atoms with van der Waals surface area (Å²) in [5.41, 5.74) is 0. The summed E-state index contributed by atoms with van der Waals surface area (Å²) >= 11 is 0. The zero-order chi connectivity index (χ0) is 17.4. The van der Waals surface area contributed by atoms with E-state index in [0.717, 1.165) is 0 Å². The van der Waals surface area contributed by atoms with Gasteiger partial charge in [-0.05, 0) is 0 Å². The molecule has 11 heteroatoms. The number of aliphatic hydroxyl groups is 8. The van der Waals surface area contributed by atoms with E-state index in [1.54, 1.807) is 0 Å². The van der Waals surface area contributed by atoms with Gasteiger partial charge in [-0.2, -0.15) is 0 Å². The summed E-state index contributed by atoms with van der Waals surface area (Å²) in [7, 11) is 0. The maximum absolute atomic E-state index is 10.00. The van der Waals surface area contributed by atoms with E-state index in [2.05, 4.69) is 0 Å². The number of hydrogen-bond acceptors (Lipinski definition) is 11. The summed E-state index contributed by atoms with van der Waals surface area (Å²) in [4.78, 5) is 0. The third-order valence-corrected chi connectivity index (χ3v) is 4.07. The second-order valence-electron chi connectivity index (χ2n) is 5.56. The molecule has 0 bridgehead atoms. The first-order valence-corrected chi connectivity index (χ1v) is 7.05. The minimum atomic E-state index is -2.22. The van der Waals surface area contributed by atoms with Crippen LogP contribution in [-0.2, 0) is 14.2 Å². The lowest BCUT2D eigenvalue weighted by Crippen LogP contribution is -2.62. The van der Waals surface area contributed by atoms with Crippen molar-refractivity contribution in [3.8, 4) is 0 Å². The van der Waals surface area contributed by atoms with Crippen LogP contribution in [0.4, 0.5) is 0 Å². The van der Waals surface area contributed by atoms with Crippen LogP contribution in [0.25, 0.3) is 0 Å². The van der Waals surface area contributed by atoms with E-state index >= 15 is 0 Å². The van der Waals surface area contributed by atoms with Crippen molar-refractivity contribution < 1.29 is 55.1 Å². The van der Waals surface area contributed by atoms with Crippen molar-refractivity contribution in [2.45, 2.75) is 54.8 Å². The molecule has 2 rings (SSSR count). The first kappa shape index (κ1) is 18.9. The lowest BCUT2D eigenvalue weighted by Gasteiger charge is -2.43. The monoisotopic (exact) mass is 342 g/mol. The van der Waals surface area contributed by atoms with Crippen LogP contribution in [0.5, 0.6) is 0 Å². The Morgan fingerprint density at radius 3 is 1.87 bits per heavy atom. The third kappa shape index (κ3) is 3.23. The van der Waals surface area contributed by atoms with Crippen molar-refractivity contribution in [2.75, 3.05) is 19.8 Å². The van der Waals surface area contributed by atoms with Gasteiger partial charge in [0.25, 0.3) is 0 Å². The molecule has 2 fully saturated rings.